The Morgan fingerprint density at radius 1 is 1.23 bits per heavy atom. The molecule has 0 radical (unpaired) electrons. The first kappa shape index (κ1) is 16.2. The molecule has 0 bridgehead atoms. The van der Waals surface area contributed by atoms with Gasteiger partial charge in [-0.15, -0.1) is 0 Å². The molecule has 0 spiro atoms. The molecule has 0 unspecified atom stereocenters. The Morgan fingerprint density at radius 2 is 1.91 bits per heavy atom. The lowest BCUT2D eigenvalue weighted by Gasteiger charge is -2.06. The van der Waals surface area contributed by atoms with Gasteiger partial charge < -0.3 is 14.9 Å². The second kappa shape index (κ2) is 7.75. The van der Waals surface area contributed by atoms with Crippen LogP contribution in [0.3, 0.4) is 0 Å². The highest BCUT2D eigenvalue weighted by Gasteiger charge is 2.12. The van der Waals surface area contributed by atoms with Crippen molar-refractivity contribution in [2.24, 2.45) is 0 Å². The van der Waals surface area contributed by atoms with Crippen molar-refractivity contribution >= 4 is 5.97 Å². The maximum atomic E-state index is 10.8. The number of nitrogens with zero attached hydrogens (tertiary/aromatic N) is 1. The van der Waals surface area contributed by atoms with Crippen molar-refractivity contribution in [1.82, 2.24) is 10.5 Å². The Balaban J connectivity index is 1.84. The summed E-state index contributed by atoms with van der Waals surface area (Å²) in [6, 6.07) is 8.86. The fourth-order valence-electron chi connectivity index (χ4n) is 2.41. The van der Waals surface area contributed by atoms with Crippen molar-refractivity contribution < 1.29 is 14.4 Å². The topological polar surface area (TPSA) is 75.4 Å². The van der Waals surface area contributed by atoms with Crippen LogP contribution in [0.15, 0.2) is 34.9 Å². The quantitative estimate of drug-likeness (QED) is 0.779. The van der Waals surface area contributed by atoms with Crippen molar-refractivity contribution in [2.75, 3.05) is 0 Å². The fraction of sp³-hybridized carbons (Fsp3) is 0.412. The van der Waals surface area contributed by atoms with E-state index in [0.29, 0.717) is 24.6 Å². The van der Waals surface area contributed by atoms with Crippen LogP contribution in [0.2, 0.25) is 0 Å². The van der Waals surface area contributed by atoms with Gasteiger partial charge in [-0.05, 0) is 30.5 Å². The Kier molecular flexibility index (Phi) is 5.72. The van der Waals surface area contributed by atoms with Crippen molar-refractivity contribution in [3.05, 3.63) is 52.9 Å². The predicted molar refractivity (Wildman–Crippen MR) is 83.8 cm³/mol. The maximum Gasteiger partial charge on any atom is 0.335 e. The highest BCUT2D eigenvalue weighted by Crippen LogP contribution is 2.22. The zero-order chi connectivity index (χ0) is 15.9. The van der Waals surface area contributed by atoms with Crippen LogP contribution in [0, 0.1) is 0 Å². The SMILES string of the molecule is CCC(CC)c1cc(CNCc2ccc(C(=O)O)cc2)on1. The van der Waals surface area contributed by atoms with Crippen LogP contribution in [0.5, 0.6) is 0 Å². The molecule has 0 aliphatic rings. The summed E-state index contributed by atoms with van der Waals surface area (Å²) in [5.41, 5.74) is 2.35. The lowest BCUT2D eigenvalue weighted by atomic mass is 9.99. The van der Waals surface area contributed by atoms with Gasteiger partial charge >= 0.3 is 5.97 Å². The average molecular weight is 302 g/mol. The number of rotatable bonds is 8. The zero-order valence-electron chi connectivity index (χ0n) is 13.0. The van der Waals surface area contributed by atoms with Crippen molar-refractivity contribution in [3.8, 4) is 0 Å². The van der Waals surface area contributed by atoms with Crippen LogP contribution >= 0.6 is 0 Å². The molecule has 1 aromatic carbocycles. The molecule has 0 saturated carbocycles. The monoisotopic (exact) mass is 302 g/mol. The van der Waals surface area contributed by atoms with Crippen LogP contribution in [0.25, 0.3) is 0 Å². The summed E-state index contributed by atoms with van der Waals surface area (Å²) in [7, 11) is 0. The van der Waals surface area contributed by atoms with E-state index >= 15 is 0 Å². The highest BCUT2D eigenvalue weighted by atomic mass is 16.5. The minimum absolute atomic E-state index is 0.300. The van der Waals surface area contributed by atoms with Gasteiger partial charge in [0.2, 0.25) is 0 Å². The van der Waals surface area contributed by atoms with E-state index in [4.69, 9.17) is 9.63 Å². The average Bonchev–Trinajstić information content (AvgIpc) is 2.98. The lowest BCUT2D eigenvalue weighted by Crippen LogP contribution is -2.12. The molecule has 5 heteroatoms. The minimum Gasteiger partial charge on any atom is -0.478 e. The predicted octanol–water partition coefficient (Wildman–Crippen LogP) is 3.57. The van der Waals surface area contributed by atoms with Gasteiger partial charge in [0, 0.05) is 18.5 Å². The second-order valence-corrected chi connectivity index (χ2v) is 5.34. The Bertz CT molecular complexity index is 601. The van der Waals surface area contributed by atoms with Crippen LogP contribution in [0.4, 0.5) is 0 Å². The lowest BCUT2D eigenvalue weighted by molar-refractivity contribution is 0.0697. The molecule has 22 heavy (non-hydrogen) atoms. The van der Waals surface area contributed by atoms with Gasteiger partial charge in [0.15, 0.2) is 5.76 Å². The number of benzene rings is 1. The number of hydrogen-bond acceptors (Lipinski definition) is 4. The fourth-order valence-corrected chi connectivity index (χ4v) is 2.41. The van der Waals surface area contributed by atoms with Crippen molar-refractivity contribution in [2.45, 2.75) is 45.7 Å². The first-order valence-corrected chi connectivity index (χ1v) is 7.62. The Hall–Kier alpha value is -2.14. The summed E-state index contributed by atoms with van der Waals surface area (Å²) < 4.78 is 5.35. The van der Waals surface area contributed by atoms with Crippen LogP contribution in [0.1, 0.15) is 60.0 Å². The van der Waals surface area contributed by atoms with Gasteiger partial charge in [0.05, 0.1) is 17.8 Å². The summed E-state index contributed by atoms with van der Waals surface area (Å²) in [5, 5.41) is 16.3. The molecular formula is C17H22N2O3. The summed E-state index contributed by atoms with van der Waals surface area (Å²) in [6.07, 6.45) is 2.12. The number of aromatic carboxylic acids is 1. The molecule has 2 rings (SSSR count). The van der Waals surface area contributed by atoms with E-state index in [1.807, 2.05) is 18.2 Å². The highest BCUT2D eigenvalue weighted by molar-refractivity contribution is 5.87. The molecule has 1 heterocycles. The largest absolute Gasteiger partial charge is 0.478 e. The molecule has 0 aliphatic carbocycles. The zero-order valence-corrected chi connectivity index (χ0v) is 13.0. The molecule has 0 atom stereocenters. The van der Waals surface area contributed by atoms with Gasteiger partial charge in [-0.25, -0.2) is 4.79 Å². The van der Waals surface area contributed by atoms with Gasteiger partial charge in [0.1, 0.15) is 0 Å². The van der Waals surface area contributed by atoms with Gasteiger partial charge in [-0.2, -0.15) is 0 Å². The molecule has 0 fully saturated rings. The summed E-state index contributed by atoms with van der Waals surface area (Å²) in [5.74, 6) is 0.375. The van der Waals surface area contributed by atoms with E-state index in [-0.39, 0.29) is 0 Å². The molecule has 1 aromatic heterocycles. The second-order valence-electron chi connectivity index (χ2n) is 5.34. The van der Waals surface area contributed by atoms with E-state index in [1.165, 1.54) is 0 Å². The van der Waals surface area contributed by atoms with Crippen molar-refractivity contribution in [3.63, 3.8) is 0 Å². The van der Waals surface area contributed by atoms with Crippen molar-refractivity contribution in [1.29, 1.82) is 0 Å². The minimum atomic E-state index is -0.907. The van der Waals surface area contributed by atoms with Crippen LogP contribution < -0.4 is 5.32 Å². The third-order valence-electron chi connectivity index (χ3n) is 3.81. The van der Waals surface area contributed by atoms with E-state index in [0.717, 1.165) is 29.9 Å². The van der Waals surface area contributed by atoms with E-state index in [1.54, 1.807) is 12.1 Å². The molecule has 0 saturated heterocycles. The van der Waals surface area contributed by atoms with Gasteiger partial charge in [0.25, 0.3) is 0 Å². The van der Waals surface area contributed by atoms with E-state index in [9.17, 15) is 4.79 Å². The number of nitrogens with one attached hydrogen (secondary N) is 1. The molecule has 2 N–H and O–H groups in total. The third kappa shape index (κ3) is 4.18. The smallest absolute Gasteiger partial charge is 0.335 e. The van der Waals surface area contributed by atoms with E-state index in [2.05, 4.69) is 24.3 Å². The number of aromatic nitrogens is 1. The molecule has 0 amide bonds. The van der Waals surface area contributed by atoms with Gasteiger partial charge in [-0.3, -0.25) is 0 Å². The number of carboxylic acids is 1. The first-order valence-electron chi connectivity index (χ1n) is 7.62. The third-order valence-corrected chi connectivity index (χ3v) is 3.81. The summed E-state index contributed by atoms with van der Waals surface area (Å²) in [4.78, 5) is 10.8. The number of hydrogen-bond donors (Lipinski definition) is 2. The summed E-state index contributed by atoms with van der Waals surface area (Å²) in [6.45, 7) is 5.57. The van der Waals surface area contributed by atoms with E-state index < -0.39 is 5.97 Å². The molecule has 5 nitrogen and oxygen atoms in total. The molecule has 118 valence electrons. The first-order chi connectivity index (χ1) is 10.6. The summed E-state index contributed by atoms with van der Waals surface area (Å²) >= 11 is 0. The van der Waals surface area contributed by atoms with Crippen LogP contribution in [-0.4, -0.2) is 16.2 Å². The standard InChI is InChI=1S/C17H22N2O3/c1-3-13(4-2)16-9-15(22-19-16)11-18-10-12-5-7-14(8-6-12)17(20)21/h5-9,13,18H,3-4,10-11H2,1-2H3,(H,20,21). The molecular weight excluding hydrogens is 280 g/mol. The Morgan fingerprint density at radius 3 is 2.50 bits per heavy atom. The normalized spacial score (nSPS) is 11.0. The number of carbonyl (C=O) groups is 1. The molecule has 0 aliphatic heterocycles. The van der Waals surface area contributed by atoms with Gasteiger partial charge in [-0.1, -0.05) is 31.1 Å². The molecule has 2 aromatic rings. The Labute approximate surface area is 130 Å². The van der Waals surface area contributed by atoms with Crippen LogP contribution in [-0.2, 0) is 13.1 Å². The maximum absolute atomic E-state index is 10.8. The number of carboxylic acid groups (broad SMARTS) is 1.